The van der Waals surface area contributed by atoms with Crippen LogP contribution in [0, 0.1) is 0 Å². The first-order chi connectivity index (χ1) is 12.3. The van der Waals surface area contributed by atoms with E-state index in [0.717, 1.165) is 11.1 Å². The molecule has 0 spiro atoms. The molecule has 6 nitrogen and oxygen atoms in total. The van der Waals surface area contributed by atoms with E-state index < -0.39 is 17.7 Å². The normalized spacial score (nSPS) is 10.2. The summed E-state index contributed by atoms with van der Waals surface area (Å²) >= 11 is 11.8. The van der Waals surface area contributed by atoms with Gasteiger partial charge in [-0.15, -0.1) is 0 Å². The number of nitrogens with two attached hydrogens (primary N) is 1. The zero-order chi connectivity index (χ0) is 19.1. The van der Waals surface area contributed by atoms with Crippen LogP contribution in [0.5, 0.6) is 0 Å². The average Bonchev–Trinajstić information content (AvgIpc) is 2.55. The summed E-state index contributed by atoms with van der Waals surface area (Å²) in [6, 6.07) is 11.6. The van der Waals surface area contributed by atoms with Gasteiger partial charge in [0.25, 0.3) is 0 Å². The van der Waals surface area contributed by atoms with Gasteiger partial charge in [-0.05, 0) is 47.9 Å². The van der Waals surface area contributed by atoms with Crippen molar-refractivity contribution in [1.29, 1.82) is 0 Å². The van der Waals surface area contributed by atoms with Crippen molar-refractivity contribution in [3.05, 3.63) is 63.6 Å². The Morgan fingerprint density at radius 2 is 1.50 bits per heavy atom. The van der Waals surface area contributed by atoms with Crippen LogP contribution in [0.15, 0.2) is 42.5 Å². The summed E-state index contributed by atoms with van der Waals surface area (Å²) < 4.78 is 0. The van der Waals surface area contributed by atoms with Crippen molar-refractivity contribution >= 4 is 46.6 Å². The minimum atomic E-state index is -0.781. The fraction of sp³-hybridized carbons (Fsp3) is 0.167. The smallest absolute Gasteiger partial charge is 0.313 e. The lowest BCUT2D eigenvalue weighted by atomic mass is 10.1. The lowest BCUT2D eigenvalue weighted by Gasteiger charge is -2.08. The standard InChI is InChI=1S/C18H17Cl2N3O3/c19-13-7-12(8-14(20)10-13)5-6-22-17(25)18(26)23-15-3-1-11(2-4-15)9-16(21)24/h1-4,7-8,10H,5-6,9H2,(H2,21,24)(H,22,25)(H,23,26). The molecule has 0 heterocycles. The molecule has 26 heavy (non-hydrogen) atoms. The predicted octanol–water partition coefficient (Wildman–Crippen LogP) is 2.32. The third kappa shape index (κ3) is 6.38. The molecule has 0 aliphatic rings. The number of carbonyl (C=O) groups is 3. The number of primary amides is 1. The summed E-state index contributed by atoms with van der Waals surface area (Å²) in [6.45, 7) is 0.264. The molecule has 0 bridgehead atoms. The highest BCUT2D eigenvalue weighted by Crippen LogP contribution is 2.19. The van der Waals surface area contributed by atoms with Crippen molar-refractivity contribution in [3.8, 4) is 0 Å². The monoisotopic (exact) mass is 393 g/mol. The van der Waals surface area contributed by atoms with Gasteiger partial charge in [-0.25, -0.2) is 0 Å². The van der Waals surface area contributed by atoms with Gasteiger partial charge in [-0.2, -0.15) is 0 Å². The molecule has 0 aliphatic carbocycles. The minimum Gasteiger partial charge on any atom is -0.369 e. The molecule has 8 heteroatoms. The first kappa shape index (κ1) is 19.8. The number of hydrogen-bond acceptors (Lipinski definition) is 3. The van der Waals surface area contributed by atoms with Crippen LogP contribution in [-0.4, -0.2) is 24.3 Å². The molecule has 0 fully saturated rings. The van der Waals surface area contributed by atoms with E-state index in [4.69, 9.17) is 28.9 Å². The molecule has 0 radical (unpaired) electrons. The average molecular weight is 394 g/mol. The number of carbonyl (C=O) groups excluding carboxylic acids is 3. The van der Waals surface area contributed by atoms with Crippen molar-refractivity contribution < 1.29 is 14.4 Å². The summed E-state index contributed by atoms with van der Waals surface area (Å²) in [5.74, 6) is -1.97. The molecule has 0 aliphatic heterocycles. The van der Waals surface area contributed by atoms with E-state index in [1.807, 2.05) is 0 Å². The highest BCUT2D eigenvalue weighted by Gasteiger charge is 2.13. The van der Waals surface area contributed by atoms with Crippen LogP contribution in [0.2, 0.25) is 10.0 Å². The molecule has 0 unspecified atom stereocenters. The highest BCUT2D eigenvalue weighted by molar-refractivity contribution is 6.39. The van der Waals surface area contributed by atoms with E-state index in [1.165, 1.54) is 0 Å². The zero-order valence-electron chi connectivity index (χ0n) is 13.7. The molecule has 2 rings (SSSR count). The van der Waals surface area contributed by atoms with E-state index in [-0.39, 0.29) is 13.0 Å². The summed E-state index contributed by atoms with van der Waals surface area (Å²) in [4.78, 5) is 34.6. The number of hydrogen-bond donors (Lipinski definition) is 3. The van der Waals surface area contributed by atoms with Crippen LogP contribution in [-0.2, 0) is 27.2 Å². The SMILES string of the molecule is NC(=O)Cc1ccc(NC(=O)C(=O)NCCc2cc(Cl)cc(Cl)c2)cc1. The van der Waals surface area contributed by atoms with Crippen LogP contribution in [0.4, 0.5) is 5.69 Å². The lowest BCUT2D eigenvalue weighted by molar-refractivity contribution is -0.136. The summed E-state index contributed by atoms with van der Waals surface area (Å²) in [5.41, 5.74) is 7.13. The lowest BCUT2D eigenvalue weighted by Crippen LogP contribution is -2.36. The number of rotatable bonds is 6. The Hall–Kier alpha value is -2.57. The summed E-state index contributed by atoms with van der Waals surface area (Å²) in [5, 5.41) is 6.03. The molecule has 0 aromatic heterocycles. The van der Waals surface area contributed by atoms with Crippen LogP contribution >= 0.6 is 23.2 Å². The van der Waals surface area contributed by atoms with Crippen molar-refractivity contribution in [2.75, 3.05) is 11.9 Å². The third-order valence-electron chi connectivity index (χ3n) is 3.42. The quantitative estimate of drug-likeness (QED) is 0.656. The number of halogens is 2. The second kappa shape index (κ2) is 9.22. The molecule has 3 amide bonds. The topological polar surface area (TPSA) is 101 Å². The third-order valence-corrected chi connectivity index (χ3v) is 3.85. The maximum atomic E-state index is 11.9. The van der Waals surface area contributed by atoms with Gasteiger partial charge < -0.3 is 16.4 Å². The van der Waals surface area contributed by atoms with Gasteiger partial charge in [-0.3, -0.25) is 14.4 Å². The molecule has 2 aromatic carbocycles. The number of nitrogens with one attached hydrogen (secondary N) is 2. The molecular formula is C18H17Cl2N3O3. The van der Waals surface area contributed by atoms with Crippen molar-refractivity contribution in [2.24, 2.45) is 5.73 Å². The molecule has 0 atom stereocenters. The van der Waals surface area contributed by atoms with Gasteiger partial charge in [-0.1, -0.05) is 35.3 Å². The molecule has 0 saturated heterocycles. The maximum absolute atomic E-state index is 11.9. The van der Waals surface area contributed by atoms with E-state index in [2.05, 4.69) is 10.6 Å². The van der Waals surface area contributed by atoms with Crippen LogP contribution in [0.25, 0.3) is 0 Å². The Kier molecular flexibility index (Phi) is 7.00. The van der Waals surface area contributed by atoms with Crippen LogP contribution < -0.4 is 16.4 Å². The maximum Gasteiger partial charge on any atom is 0.313 e. The Morgan fingerprint density at radius 1 is 0.885 bits per heavy atom. The van der Waals surface area contributed by atoms with Crippen molar-refractivity contribution in [1.82, 2.24) is 5.32 Å². The highest BCUT2D eigenvalue weighted by atomic mass is 35.5. The Labute approximate surface area is 160 Å². The van der Waals surface area contributed by atoms with Gasteiger partial charge in [0, 0.05) is 22.3 Å². The number of amides is 3. The van der Waals surface area contributed by atoms with Gasteiger partial charge in [0.15, 0.2) is 0 Å². The predicted molar refractivity (Wildman–Crippen MR) is 101 cm³/mol. The van der Waals surface area contributed by atoms with Crippen molar-refractivity contribution in [2.45, 2.75) is 12.8 Å². The second-order valence-corrected chi connectivity index (χ2v) is 6.45. The molecule has 2 aromatic rings. The van der Waals surface area contributed by atoms with Gasteiger partial charge in [0.1, 0.15) is 0 Å². The van der Waals surface area contributed by atoms with Crippen LogP contribution in [0.1, 0.15) is 11.1 Å². The molecular weight excluding hydrogens is 377 g/mol. The van der Waals surface area contributed by atoms with Gasteiger partial charge in [0.2, 0.25) is 5.91 Å². The van der Waals surface area contributed by atoms with E-state index in [1.54, 1.807) is 42.5 Å². The molecule has 4 N–H and O–H groups in total. The largest absolute Gasteiger partial charge is 0.369 e. The van der Waals surface area contributed by atoms with Gasteiger partial charge in [0.05, 0.1) is 6.42 Å². The van der Waals surface area contributed by atoms with Crippen molar-refractivity contribution in [3.63, 3.8) is 0 Å². The molecule has 0 saturated carbocycles. The second-order valence-electron chi connectivity index (χ2n) is 5.58. The Morgan fingerprint density at radius 3 is 2.08 bits per heavy atom. The zero-order valence-corrected chi connectivity index (χ0v) is 15.2. The van der Waals surface area contributed by atoms with Gasteiger partial charge >= 0.3 is 11.8 Å². The van der Waals surface area contributed by atoms with E-state index in [9.17, 15) is 14.4 Å². The number of anilines is 1. The fourth-order valence-electron chi connectivity index (χ4n) is 2.25. The number of benzene rings is 2. The van der Waals surface area contributed by atoms with Crippen LogP contribution in [0.3, 0.4) is 0 Å². The minimum absolute atomic E-state index is 0.113. The Bertz CT molecular complexity index is 803. The summed E-state index contributed by atoms with van der Waals surface area (Å²) in [6.07, 6.45) is 0.601. The molecule has 136 valence electrons. The fourth-order valence-corrected chi connectivity index (χ4v) is 2.82. The first-order valence-electron chi connectivity index (χ1n) is 7.75. The summed E-state index contributed by atoms with van der Waals surface area (Å²) in [7, 11) is 0. The van der Waals surface area contributed by atoms with E-state index >= 15 is 0 Å². The Balaban J connectivity index is 1.81. The first-order valence-corrected chi connectivity index (χ1v) is 8.50. The van der Waals surface area contributed by atoms with E-state index in [0.29, 0.717) is 22.2 Å².